The minimum Gasteiger partial charge on any atom is -0.252 e. The Kier molecular flexibility index (Phi) is 4.93. The van der Waals surface area contributed by atoms with Gasteiger partial charge in [-0.1, -0.05) is 12.1 Å². The lowest BCUT2D eigenvalue weighted by Crippen LogP contribution is -2.22. The molecule has 0 spiro atoms. The number of benzene rings is 2. The monoisotopic (exact) mass is 386 g/mol. The molecule has 2 heterocycles. The van der Waals surface area contributed by atoms with E-state index in [-0.39, 0.29) is 11.6 Å². The molecule has 0 aliphatic heterocycles. The van der Waals surface area contributed by atoms with Crippen LogP contribution in [0.15, 0.2) is 84.9 Å². The molecule has 144 valence electrons. The average Bonchev–Trinajstić information content (AvgIpc) is 2.75. The summed E-state index contributed by atoms with van der Waals surface area (Å²) in [6.07, 6.45) is 0. The van der Waals surface area contributed by atoms with Crippen molar-refractivity contribution in [2.24, 2.45) is 0 Å². The molecule has 4 rings (SSSR count). The van der Waals surface area contributed by atoms with Crippen LogP contribution in [0.4, 0.5) is 8.78 Å². The maximum absolute atomic E-state index is 13.2. The highest BCUT2D eigenvalue weighted by Crippen LogP contribution is 2.32. The zero-order valence-corrected chi connectivity index (χ0v) is 16.2. The summed E-state index contributed by atoms with van der Waals surface area (Å²) >= 11 is 0. The smallest absolute Gasteiger partial charge is 0.123 e. The molecule has 0 unspecified atom stereocenters. The van der Waals surface area contributed by atoms with Crippen LogP contribution >= 0.6 is 0 Å². The van der Waals surface area contributed by atoms with Gasteiger partial charge in [-0.05, 0) is 86.6 Å². The largest absolute Gasteiger partial charge is 0.252 e. The van der Waals surface area contributed by atoms with Crippen molar-refractivity contribution in [2.45, 2.75) is 19.3 Å². The first-order chi connectivity index (χ1) is 13.9. The predicted molar refractivity (Wildman–Crippen MR) is 111 cm³/mol. The van der Waals surface area contributed by atoms with Crippen LogP contribution in [-0.2, 0) is 5.41 Å². The minimum absolute atomic E-state index is 0.271. The molecule has 4 heteroatoms. The number of hydrogen-bond acceptors (Lipinski definition) is 2. The molecule has 0 aliphatic carbocycles. The molecule has 29 heavy (non-hydrogen) atoms. The van der Waals surface area contributed by atoms with E-state index in [1.54, 1.807) is 24.3 Å². The van der Waals surface area contributed by atoms with Gasteiger partial charge in [0.2, 0.25) is 0 Å². The Balaban J connectivity index is 1.72. The van der Waals surface area contributed by atoms with Gasteiger partial charge in [0.15, 0.2) is 0 Å². The second kappa shape index (κ2) is 7.55. The Morgan fingerprint density at radius 3 is 1.31 bits per heavy atom. The van der Waals surface area contributed by atoms with Gasteiger partial charge in [0.25, 0.3) is 0 Å². The third-order valence-electron chi connectivity index (χ3n) is 5.06. The van der Waals surface area contributed by atoms with Crippen LogP contribution in [0.3, 0.4) is 0 Å². The molecular weight excluding hydrogens is 366 g/mol. The maximum atomic E-state index is 13.2. The second-order valence-corrected chi connectivity index (χ2v) is 7.45. The highest BCUT2D eigenvalue weighted by molar-refractivity contribution is 5.61. The Bertz CT molecular complexity index is 1040. The Morgan fingerprint density at radius 2 is 0.931 bits per heavy atom. The third kappa shape index (κ3) is 3.92. The first-order valence-corrected chi connectivity index (χ1v) is 9.40. The molecule has 0 radical (unpaired) electrons. The van der Waals surface area contributed by atoms with Gasteiger partial charge >= 0.3 is 0 Å². The quantitative estimate of drug-likeness (QED) is 0.405. The molecular formula is C25H20F2N2. The molecule has 2 nitrogen and oxygen atoms in total. The van der Waals surface area contributed by atoms with Crippen LogP contribution in [0, 0.1) is 11.6 Å². The summed E-state index contributed by atoms with van der Waals surface area (Å²) in [5, 5.41) is 0. The van der Waals surface area contributed by atoms with Crippen molar-refractivity contribution in [3.8, 4) is 22.5 Å². The van der Waals surface area contributed by atoms with Crippen molar-refractivity contribution in [1.82, 2.24) is 9.97 Å². The SMILES string of the molecule is CC(C)(c1cccc(-c2ccc(F)cc2)n1)c1cccc(-c2ccc(F)cc2)n1. The van der Waals surface area contributed by atoms with Gasteiger partial charge in [-0.25, -0.2) is 8.78 Å². The van der Waals surface area contributed by atoms with E-state index in [2.05, 4.69) is 13.8 Å². The normalized spacial score (nSPS) is 11.4. The van der Waals surface area contributed by atoms with Gasteiger partial charge in [-0.3, -0.25) is 9.97 Å². The van der Waals surface area contributed by atoms with E-state index in [0.29, 0.717) is 0 Å². The van der Waals surface area contributed by atoms with Crippen LogP contribution in [0.25, 0.3) is 22.5 Å². The van der Waals surface area contributed by atoms with Crippen LogP contribution in [0.2, 0.25) is 0 Å². The van der Waals surface area contributed by atoms with E-state index in [9.17, 15) is 8.78 Å². The fourth-order valence-electron chi connectivity index (χ4n) is 3.26. The fraction of sp³-hybridized carbons (Fsp3) is 0.120. The molecule has 0 fully saturated rings. The number of pyridine rings is 2. The lowest BCUT2D eigenvalue weighted by molar-refractivity contribution is 0.596. The van der Waals surface area contributed by atoms with Crippen LogP contribution in [0.1, 0.15) is 25.2 Å². The lowest BCUT2D eigenvalue weighted by atomic mass is 9.84. The fourth-order valence-corrected chi connectivity index (χ4v) is 3.26. The second-order valence-electron chi connectivity index (χ2n) is 7.45. The van der Waals surface area contributed by atoms with Crippen molar-refractivity contribution in [1.29, 1.82) is 0 Å². The minimum atomic E-state index is -0.452. The number of nitrogens with zero attached hydrogens (tertiary/aromatic N) is 2. The van der Waals surface area contributed by atoms with Gasteiger partial charge in [-0.2, -0.15) is 0 Å². The molecule has 0 atom stereocenters. The van der Waals surface area contributed by atoms with Gasteiger partial charge in [-0.15, -0.1) is 0 Å². The van der Waals surface area contributed by atoms with Crippen molar-refractivity contribution in [3.63, 3.8) is 0 Å². The van der Waals surface area contributed by atoms with Gasteiger partial charge in [0.05, 0.1) is 22.8 Å². The molecule has 0 saturated carbocycles. The van der Waals surface area contributed by atoms with Crippen molar-refractivity contribution >= 4 is 0 Å². The third-order valence-corrected chi connectivity index (χ3v) is 5.06. The Morgan fingerprint density at radius 1 is 0.552 bits per heavy atom. The van der Waals surface area contributed by atoms with Crippen LogP contribution < -0.4 is 0 Å². The van der Waals surface area contributed by atoms with E-state index in [1.165, 1.54) is 24.3 Å². The number of hydrogen-bond donors (Lipinski definition) is 0. The summed E-state index contributed by atoms with van der Waals surface area (Å²) in [5.41, 5.74) is 4.56. The highest BCUT2D eigenvalue weighted by Gasteiger charge is 2.27. The first-order valence-electron chi connectivity index (χ1n) is 9.40. The Hall–Kier alpha value is -3.40. The van der Waals surface area contributed by atoms with Gasteiger partial charge in [0.1, 0.15) is 11.6 Å². The first kappa shape index (κ1) is 18.9. The van der Waals surface area contributed by atoms with Crippen molar-refractivity contribution in [2.75, 3.05) is 0 Å². The molecule has 0 amide bonds. The van der Waals surface area contributed by atoms with E-state index >= 15 is 0 Å². The van der Waals surface area contributed by atoms with E-state index in [4.69, 9.17) is 9.97 Å². The van der Waals surface area contributed by atoms with Crippen molar-refractivity contribution in [3.05, 3.63) is 108 Å². The molecule has 0 aliphatic rings. The van der Waals surface area contributed by atoms with Gasteiger partial charge in [0, 0.05) is 16.5 Å². The zero-order chi connectivity index (χ0) is 20.4. The summed E-state index contributed by atoms with van der Waals surface area (Å²) in [5.74, 6) is -0.543. The zero-order valence-electron chi connectivity index (χ0n) is 16.2. The van der Waals surface area contributed by atoms with E-state index in [0.717, 1.165) is 33.9 Å². The molecule has 0 bridgehead atoms. The summed E-state index contributed by atoms with van der Waals surface area (Å²) in [4.78, 5) is 9.65. The molecule has 2 aromatic carbocycles. The van der Waals surface area contributed by atoms with Gasteiger partial charge < -0.3 is 0 Å². The standard InChI is InChI=1S/C25H20F2N2/c1-25(2,23-7-3-5-21(28-23)17-9-13-19(26)14-10-17)24-8-4-6-22(29-24)18-11-15-20(27)16-12-18/h3-16H,1-2H3. The number of rotatable bonds is 4. The molecule has 0 saturated heterocycles. The molecule has 4 aromatic rings. The van der Waals surface area contributed by atoms with E-state index < -0.39 is 5.41 Å². The Labute approximate surface area is 168 Å². The van der Waals surface area contributed by atoms with Crippen LogP contribution in [-0.4, -0.2) is 9.97 Å². The summed E-state index contributed by atoms with van der Waals surface area (Å²) < 4.78 is 26.5. The van der Waals surface area contributed by atoms with Crippen molar-refractivity contribution < 1.29 is 8.78 Å². The number of halogens is 2. The molecule has 0 N–H and O–H groups in total. The predicted octanol–water partition coefficient (Wildman–Crippen LogP) is 6.41. The number of aromatic nitrogens is 2. The van der Waals surface area contributed by atoms with E-state index in [1.807, 2.05) is 36.4 Å². The average molecular weight is 386 g/mol. The van der Waals surface area contributed by atoms with Crippen LogP contribution in [0.5, 0.6) is 0 Å². The summed E-state index contributed by atoms with van der Waals surface area (Å²) in [7, 11) is 0. The molecule has 2 aromatic heterocycles. The maximum Gasteiger partial charge on any atom is 0.123 e. The lowest BCUT2D eigenvalue weighted by Gasteiger charge is -2.24. The summed E-state index contributed by atoms with van der Waals surface area (Å²) in [6, 6.07) is 24.3. The summed E-state index contributed by atoms with van der Waals surface area (Å²) in [6.45, 7) is 4.14. The topological polar surface area (TPSA) is 25.8 Å². The highest BCUT2D eigenvalue weighted by atomic mass is 19.1.